The Morgan fingerprint density at radius 2 is 1.64 bits per heavy atom. The van der Waals surface area contributed by atoms with Crippen LogP contribution in [0.1, 0.15) is 20.3 Å². The molecular weight excluding hydrogens is 276 g/mol. The topological polar surface area (TPSA) is 64.4 Å². The highest BCUT2D eigenvalue weighted by Crippen LogP contribution is 2.23. The molecule has 0 radical (unpaired) electrons. The van der Waals surface area contributed by atoms with Gasteiger partial charge in [0.2, 0.25) is 5.91 Å². The zero-order chi connectivity index (χ0) is 15.9. The predicted octanol–water partition coefficient (Wildman–Crippen LogP) is 3.79. The van der Waals surface area contributed by atoms with E-state index in [1.165, 1.54) is 0 Å². The summed E-state index contributed by atoms with van der Waals surface area (Å²) in [5.41, 5.74) is 6.47. The summed E-state index contributed by atoms with van der Waals surface area (Å²) in [6.07, 6.45) is 0.668. The van der Waals surface area contributed by atoms with Crippen molar-refractivity contribution in [3.05, 3.63) is 54.6 Å². The summed E-state index contributed by atoms with van der Waals surface area (Å²) in [6, 6.07) is 16.9. The van der Waals surface area contributed by atoms with E-state index in [4.69, 9.17) is 10.5 Å². The molecule has 0 aliphatic heterocycles. The van der Waals surface area contributed by atoms with E-state index in [-0.39, 0.29) is 17.9 Å². The number of amides is 1. The van der Waals surface area contributed by atoms with Gasteiger partial charge in [-0.25, -0.2) is 0 Å². The molecule has 116 valence electrons. The molecule has 2 rings (SSSR count). The summed E-state index contributed by atoms with van der Waals surface area (Å²) in [7, 11) is 0. The molecule has 0 aromatic heterocycles. The summed E-state index contributed by atoms with van der Waals surface area (Å²) < 4.78 is 5.71. The molecule has 0 aliphatic rings. The van der Waals surface area contributed by atoms with E-state index < -0.39 is 0 Å². The second-order valence-corrected chi connectivity index (χ2v) is 5.54. The number of nitrogens with one attached hydrogen (secondary N) is 1. The number of rotatable bonds is 6. The van der Waals surface area contributed by atoms with E-state index in [0.29, 0.717) is 6.42 Å². The van der Waals surface area contributed by atoms with Crippen molar-refractivity contribution in [2.24, 2.45) is 11.7 Å². The van der Waals surface area contributed by atoms with Crippen molar-refractivity contribution in [1.29, 1.82) is 0 Å². The van der Waals surface area contributed by atoms with Crippen LogP contribution >= 0.6 is 0 Å². The Morgan fingerprint density at radius 3 is 2.23 bits per heavy atom. The van der Waals surface area contributed by atoms with Crippen molar-refractivity contribution in [2.45, 2.75) is 26.3 Å². The molecular formula is C18H22N2O2. The van der Waals surface area contributed by atoms with Crippen LogP contribution in [0.5, 0.6) is 11.5 Å². The van der Waals surface area contributed by atoms with Gasteiger partial charge in [-0.1, -0.05) is 25.1 Å². The van der Waals surface area contributed by atoms with Crippen LogP contribution in [-0.2, 0) is 4.79 Å². The van der Waals surface area contributed by atoms with Crippen LogP contribution in [-0.4, -0.2) is 11.9 Å². The molecule has 4 nitrogen and oxygen atoms in total. The number of benzene rings is 2. The number of para-hydroxylation sites is 1. The average Bonchev–Trinajstić information content (AvgIpc) is 2.49. The number of anilines is 1. The van der Waals surface area contributed by atoms with E-state index in [9.17, 15) is 4.79 Å². The Hall–Kier alpha value is -2.33. The van der Waals surface area contributed by atoms with Gasteiger partial charge in [-0.15, -0.1) is 0 Å². The highest BCUT2D eigenvalue weighted by Gasteiger charge is 2.14. The van der Waals surface area contributed by atoms with Gasteiger partial charge in [0.1, 0.15) is 11.5 Å². The van der Waals surface area contributed by atoms with Gasteiger partial charge in [0.05, 0.1) is 0 Å². The second-order valence-electron chi connectivity index (χ2n) is 5.54. The van der Waals surface area contributed by atoms with Crippen molar-refractivity contribution >= 4 is 11.6 Å². The third-order valence-electron chi connectivity index (χ3n) is 3.27. The first-order chi connectivity index (χ1) is 10.5. The number of carbonyl (C=O) groups excluding carboxylic acids is 1. The fraction of sp³-hybridized carbons (Fsp3) is 0.278. The lowest BCUT2D eigenvalue weighted by molar-refractivity contribution is -0.119. The Morgan fingerprint density at radius 1 is 1.05 bits per heavy atom. The molecule has 0 spiro atoms. The standard InChI is InChI=1S/C18H22N2O2/c1-13(12-14(2)19)18(21)20-15-8-10-17(11-9-15)22-16-6-4-3-5-7-16/h3-11,13-14H,12,19H2,1-2H3,(H,20,21)/t13?,14-/m1/s1. The van der Waals surface area contributed by atoms with E-state index in [2.05, 4.69) is 5.32 Å². The minimum atomic E-state index is -0.111. The summed E-state index contributed by atoms with van der Waals surface area (Å²) >= 11 is 0. The normalized spacial score (nSPS) is 13.2. The maximum absolute atomic E-state index is 12.0. The zero-order valence-electron chi connectivity index (χ0n) is 13.0. The van der Waals surface area contributed by atoms with Crippen molar-refractivity contribution in [1.82, 2.24) is 0 Å². The molecule has 1 amide bonds. The first kappa shape index (κ1) is 16.0. The monoisotopic (exact) mass is 298 g/mol. The molecule has 4 heteroatoms. The van der Waals surface area contributed by atoms with Gasteiger partial charge in [-0.2, -0.15) is 0 Å². The molecule has 2 atom stereocenters. The van der Waals surface area contributed by atoms with Gasteiger partial charge in [0.25, 0.3) is 0 Å². The molecule has 1 unspecified atom stereocenters. The largest absolute Gasteiger partial charge is 0.457 e. The molecule has 2 aromatic carbocycles. The molecule has 3 N–H and O–H groups in total. The van der Waals surface area contributed by atoms with Gasteiger partial charge < -0.3 is 15.8 Å². The van der Waals surface area contributed by atoms with Crippen molar-refractivity contribution in [3.63, 3.8) is 0 Å². The zero-order valence-corrected chi connectivity index (χ0v) is 13.0. The maximum atomic E-state index is 12.0. The van der Waals surface area contributed by atoms with Crippen LogP contribution in [0.4, 0.5) is 5.69 Å². The van der Waals surface area contributed by atoms with Gasteiger partial charge in [0, 0.05) is 17.6 Å². The predicted molar refractivity (Wildman–Crippen MR) is 89.0 cm³/mol. The van der Waals surface area contributed by atoms with Crippen molar-refractivity contribution in [3.8, 4) is 11.5 Å². The van der Waals surface area contributed by atoms with Crippen LogP contribution < -0.4 is 15.8 Å². The fourth-order valence-electron chi connectivity index (χ4n) is 2.16. The Labute approximate surface area is 131 Å². The van der Waals surface area contributed by atoms with Gasteiger partial charge in [-0.05, 0) is 49.7 Å². The first-order valence-corrected chi connectivity index (χ1v) is 7.44. The van der Waals surface area contributed by atoms with Crippen LogP contribution in [0.15, 0.2) is 54.6 Å². The van der Waals surface area contributed by atoms with Crippen molar-refractivity contribution in [2.75, 3.05) is 5.32 Å². The summed E-state index contributed by atoms with van der Waals surface area (Å²) in [5, 5.41) is 2.89. The molecule has 0 saturated heterocycles. The molecule has 22 heavy (non-hydrogen) atoms. The summed E-state index contributed by atoms with van der Waals surface area (Å²) in [4.78, 5) is 12.0. The fourth-order valence-corrected chi connectivity index (χ4v) is 2.16. The van der Waals surface area contributed by atoms with E-state index in [0.717, 1.165) is 17.2 Å². The van der Waals surface area contributed by atoms with Gasteiger partial charge in [-0.3, -0.25) is 4.79 Å². The van der Waals surface area contributed by atoms with E-state index in [1.54, 1.807) is 0 Å². The van der Waals surface area contributed by atoms with Gasteiger partial charge in [0.15, 0.2) is 0 Å². The lowest BCUT2D eigenvalue weighted by Gasteiger charge is -2.14. The Bertz CT molecular complexity index is 594. The first-order valence-electron chi connectivity index (χ1n) is 7.44. The average molecular weight is 298 g/mol. The third kappa shape index (κ3) is 4.90. The minimum Gasteiger partial charge on any atom is -0.457 e. The summed E-state index contributed by atoms with van der Waals surface area (Å²) in [6.45, 7) is 3.78. The molecule has 0 fully saturated rings. The molecule has 0 bridgehead atoms. The highest BCUT2D eigenvalue weighted by molar-refractivity contribution is 5.92. The van der Waals surface area contributed by atoms with E-state index in [1.807, 2.05) is 68.4 Å². The molecule has 0 aliphatic carbocycles. The van der Waals surface area contributed by atoms with E-state index >= 15 is 0 Å². The number of hydrogen-bond donors (Lipinski definition) is 2. The lowest BCUT2D eigenvalue weighted by Crippen LogP contribution is -2.27. The second kappa shape index (κ2) is 7.61. The molecule has 0 heterocycles. The maximum Gasteiger partial charge on any atom is 0.227 e. The Balaban J connectivity index is 1.93. The summed E-state index contributed by atoms with van der Waals surface area (Å²) in [5.74, 6) is 1.38. The number of carbonyl (C=O) groups is 1. The number of nitrogens with two attached hydrogens (primary N) is 1. The molecule has 2 aromatic rings. The minimum absolute atomic E-state index is 0.0161. The number of hydrogen-bond acceptors (Lipinski definition) is 3. The Kier molecular flexibility index (Phi) is 5.55. The van der Waals surface area contributed by atoms with Crippen LogP contribution in [0.2, 0.25) is 0 Å². The van der Waals surface area contributed by atoms with Gasteiger partial charge >= 0.3 is 0 Å². The number of ether oxygens (including phenoxy) is 1. The lowest BCUT2D eigenvalue weighted by atomic mass is 10.0. The van der Waals surface area contributed by atoms with Crippen LogP contribution in [0.3, 0.4) is 0 Å². The third-order valence-corrected chi connectivity index (χ3v) is 3.27. The SMILES string of the molecule is CC(C[C@@H](C)N)C(=O)Nc1ccc(Oc2ccccc2)cc1. The van der Waals surface area contributed by atoms with Crippen LogP contribution in [0, 0.1) is 5.92 Å². The van der Waals surface area contributed by atoms with Crippen LogP contribution in [0.25, 0.3) is 0 Å². The van der Waals surface area contributed by atoms with Crippen molar-refractivity contribution < 1.29 is 9.53 Å². The quantitative estimate of drug-likeness (QED) is 0.852. The smallest absolute Gasteiger partial charge is 0.227 e. The molecule has 0 saturated carbocycles. The highest BCUT2D eigenvalue weighted by atomic mass is 16.5.